The predicted octanol–water partition coefficient (Wildman–Crippen LogP) is 2.25. The van der Waals surface area contributed by atoms with Gasteiger partial charge < -0.3 is 11.1 Å². The topological polar surface area (TPSA) is 55.1 Å². The fourth-order valence-electron chi connectivity index (χ4n) is 2.42. The van der Waals surface area contributed by atoms with Crippen LogP contribution in [0.15, 0.2) is 30.3 Å². The van der Waals surface area contributed by atoms with Crippen LogP contribution in [0.3, 0.4) is 0 Å². The summed E-state index contributed by atoms with van der Waals surface area (Å²) in [4.78, 5) is 12.1. The van der Waals surface area contributed by atoms with Crippen molar-refractivity contribution in [3.8, 4) is 0 Å². The van der Waals surface area contributed by atoms with Crippen LogP contribution in [0, 0.1) is 5.92 Å². The lowest BCUT2D eigenvalue weighted by atomic mass is 9.97. The van der Waals surface area contributed by atoms with Gasteiger partial charge in [0.05, 0.1) is 6.04 Å². The van der Waals surface area contributed by atoms with Crippen molar-refractivity contribution in [1.29, 1.82) is 0 Å². The predicted molar refractivity (Wildman–Crippen MR) is 77.7 cm³/mol. The van der Waals surface area contributed by atoms with Gasteiger partial charge in [-0.05, 0) is 51.0 Å². The van der Waals surface area contributed by atoms with E-state index in [1.165, 1.54) is 18.4 Å². The SMILES string of the molecule is CC(C)(NC(=O)C(N)CCc1ccccc1)C1CC1. The molecule has 1 amide bonds. The summed E-state index contributed by atoms with van der Waals surface area (Å²) in [6.07, 6.45) is 3.97. The molecule has 3 heteroatoms. The van der Waals surface area contributed by atoms with Gasteiger partial charge in [0, 0.05) is 5.54 Å². The largest absolute Gasteiger partial charge is 0.350 e. The molecule has 1 aliphatic rings. The van der Waals surface area contributed by atoms with Crippen LogP contribution in [-0.4, -0.2) is 17.5 Å². The van der Waals surface area contributed by atoms with Crippen molar-refractivity contribution < 1.29 is 4.79 Å². The normalized spacial score (nSPS) is 17.0. The highest BCUT2D eigenvalue weighted by Crippen LogP contribution is 2.39. The Bertz CT molecular complexity index is 424. The molecule has 1 atom stereocenters. The van der Waals surface area contributed by atoms with Crippen LogP contribution in [0.25, 0.3) is 0 Å². The van der Waals surface area contributed by atoms with E-state index in [1.54, 1.807) is 0 Å². The second-order valence-corrected chi connectivity index (χ2v) is 6.12. The van der Waals surface area contributed by atoms with Gasteiger partial charge in [-0.1, -0.05) is 30.3 Å². The molecular weight excluding hydrogens is 236 g/mol. The summed E-state index contributed by atoms with van der Waals surface area (Å²) in [6, 6.07) is 9.73. The van der Waals surface area contributed by atoms with Crippen LogP contribution in [-0.2, 0) is 11.2 Å². The van der Waals surface area contributed by atoms with E-state index >= 15 is 0 Å². The average molecular weight is 260 g/mol. The Morgan fingerprint density at radius 2 is 2.00 bits per heavy atom. The van der Waals surface area contributed by atoms with Crippen molar-refractivity contribution in [2.45, 2.75) is 51.1 Å². The van der Waals surface area contributed by atoms with E-state index < -0.39 is 6.04 Å². The highest BCUT2D eigenvalue weighted by molar-refractivity contribution is 5.82. The highest BCUT2D eigenvalue weighted by Gasteiger charge is 2.39. The smallest absolute Gasteiger partial charge is 0.237 e. The molecule has 2 rings (SSSR count). The molecule has 0 saturated heterocycles. The standard InChI is InChI=1S/C16H24N2O/c1-16(2,13-9-10-13)18-15(19)14(17)11-8-12-6-4-3-5-7-12/h3-7,13-14H,8-11,17H2,1-2H3,(H,18,19). The molecular formula is C16H24N2O. The van der Waals surface area contributed by atoms with E-state index in [0.717, 1.165) is 6.42 Å². The van der Waals surface area contributed by atoms with Crippen molar-refractivity contribution in [2.75, 3.05) is 0 Å². The Morgan fingerprint density at radius 1 is 1.37 bits per heavy atom. The lowest BCUT2D eigenvalue weighted by molar-refractivity contribution is -0.124. The van der Waals surface area contributed by atoms with Gasteiger partial charge in [-0.25, -0.2) is 0 Å². The molecule has 104 valence electrons. The molecule has 0 aliphatic heterocycles. The molecule has 1 aliphatic carbocycles. The van der Waals surface area contributed by atoms with Crippen LogP contribution in [0.1, 0.15) is 38.7 Å². The van der Waals surface area contributed by atoms with Gasteiger partial charge in [0.1, 0.15) is 0 Å². The number of hydrogen-bond donors (Lipinski definition) is 2. The number of benzene rings is 1. The minimum Gasteiger partial charge on any atom is -0.350 e. The van der Waals surface area contributed by atoms with Gasteiger partial charge in [0.15, 0.2) is 0 Å². The van der Waals surface area contributed by atoms with E-state index in [4.69, 9.17) is 5.73 Å². The van der Waals surface area contributed by atoms with Crippen molar-refractivity contribution in [2.24, 2.45) is 11.7 Å². The molecule has 1 aromatic rings. The summed E-state index contributed by atoms with van der Waals surface area (Å²) in [7, 11) is 0. The summed E-state index contributed by atoms with van der Waals surface area (Å²) >= 11 is 0. The molecule has 1 aromatic carbocycles. The second kappa shape index (κ2) is 5.74. The molecule has 0 bridgehead atoms. The molecule has 19 heavy (non-hydrogen) atoms. The van der Waals surface area contributed by atoms with E-state index in [2.05, 4.69) is 31.3 Å². The van der Waals surface area contributed by atoms with Crippen LogP contribution >= 0.6 is 0 Å². The zero-order chi connectivity index (χ0) is 13.9. The first kappa shape index (κ1) is 14.1. The average Bonchev–Trinajstić information content (AvgIpc) is 3.21. The number of amides is 1. The molecule has 1 fully saturated rings. The van der Waals surface area contributed by atoms with Gasteiger partial charge in [0.25, 0.3) is 0 Å². The van der Waals surface area contributed by atoms with Crippen molar-refractivity contribution >= 4 is 5.91 Å². The fourth-order valence-corrected chi connectivity index (χ4v) is 2.42. The highest BCUT2D eigenvalue weighted by atomic mass is 16.2. The van der Waals surface area contributed by atoms with Gasteiger partial charge in [-0.15, -0.1) is 0 Å². The molecule has 1 saturated carbocycles. The maximum atomic E-state index is 12.1. The van der Waals surface area contributed by atoms with Crippen LogP contribution < -0.4 is 11.1 Å². The number of nitrogens with two attached hydrogens (primary N) is 1. The third kappa shape index (κ3) is 4.06. The van der Waals surface area contributed by atoms with Gasteiger partial charge in [-0.3, -0.25) is 4.79 Å². The first-order valence-electron chi connectivity index (χ1n) is 7.10. The Morgan fingerprint density at radius 3 is 2.58 bits per heavy atom. The molecule has 3 N–H and O–H groups in total. The third-order valence-corrected chi connectivity index (χ3v) is 3.97. The number of nitrogens with one attached hydrogen (secondary N) is 1. The maximum Gasteiger partial charge on any atom is 0.237 e. The number of aryl methyl sites for hydroxylation is 1. The molecule has 0 heterocycles. The van der Waals surface area contributed by atoms with E-state index in [-0.39, 0.29) is 11.4 Å². The quantitative estimate of drug-likeness (QED) is 0.824. The first-order chi connectivity index (χ1) is 8.99. The van der Waals surface area contributed by atoms with Crippen molar-refractivity contribution in [3.05, 3.63) is 35.9 Å². The van der Waals surface area contributed by atoms with Gasteiger partial charge >= 0.3 is 0 Å². The Labute approximate surface area is 115 Å². The number of carbonyl (C=O) groups is 1. The van der Waals surface area contributed by atoms with E-state index in [1.807, 2.05) is 18.2 Å². The van der Waals surface area contributed by atoms with Crippen LogP contribution in [0.2, 0.25) is 0 Å². The summed E-state index contributed by atoms with van der Waals surface area (Å²) in [6.45, 7) is 4.18. The maximum absolute atomic E-state index is 12.1. The van der Waals surface area contributed by atoms with Crippen molar-refractivity contribution in [3.63, 3.8) is 0 Å². The summed E-state index contributed by atoms with van der Waals surface area (Å²) in [5, 5.41) is 3.09. The molecule has 3 nitrogen and oxygen atoms in total. The minimum atomic E-state index is -0.418. The lowest BCUT2D eigenvalue weighted by Gasteiger charge is -2.27. The number of hydrogen-bond acceptors (Lipinski definition) is 2. The first-order valence-corrected chi connectivity index (χ1v) is 7.10. The van der Waals surface area contributed by atoms with E-state index in [9.17, 15) is 4.79 Å². The van der Waals surface area contributed by atoms with Gasteiger partial charge in [-0.2, -0.15) is 0 Å². The van der Waals surface area contributed by atoms with Gasteiger partial charge in [0.2, 0.25) is 5.91 Å². The molecule has 1 unspecified atom stereocenters. The Balaban J connectivity index is 1.79. The number of rotatable bonds is 6. The number of carbonyl (C=O) groups excluding carboxylic acids is 1. The zero-order valence-corrected chi connectivity index (χ0v) is 11.9. The zero-order valence-electron chi connectivity index (χ0n) is 11.9. The lowest BCUT2D eigenvalue weighted by Crippen LogP contribution is -2.51. The monoisotopic (exact) mass is 260 g/mol. The third-order valence-electron chi connectivity index (χ3n) is 3.97. The second-order valence-electron chi connectivity index (χ2n) is 6.12. The Hall–Kier alpha value is -1.35. The molecule has 0 radical (unpaired) electrons. The van der Waals surface area contributed by atoms with E-state index in [0.29, 0.717) is 12.3 Å². The summed E-state index contributed by atoms with van der Waals surface area (Å²) in [5.74, 6) is 0.602. The summed E-state index contributed by atoms with van der Waals surface area (Å²) in [5.41, 5.74) is 7.10. The van der Waals surface area contributed by atoms with Crippen LogP contribution in [0.4, 0.5) is 0 Å². The van der Waals surface area contributed by atoms with Crippen LogP contribution in [0.5, 0.6) is 0 Å². The van der Waals surface area contributed by atoms with Crippen molar-refractivity contribution in [1.82, 2.24) is 5.32 Å². The molecule has 0 aromatic heterocycles. The molecule has 0 spiro atoms. The Kier molecular flexibility index (Phi) is 4.25. The minimum absolute atomic E-state index is 0.0205. The summed E-state index contributed by atoms with van der Waals surface area (Å²) < 4.78 is 0. The fraction of sp³-hybridized carbons (Fsp3) is 0.562.